The summed E-state index contributed by atoms with van der Waals surface area (Å²) >= 11 is 6.07. The van der Waals surface area contributed by atoms with Crippen molar-refractivity contribution in [2.24, 2.45) is 5.92 Å². The van der Waals surface area contributed by atoms with Gasteiger partial charge in [-0.25, -0.2) is 9.37 Å². The fourth-order valence-electron chi connectivity index (χ4n) is 4.37. The smallest absolute Gasteiger partial charge is 0.390 e. The largest absolute Gasteiger partial charge is 0.456 e. The number of aryl methyl sites for hydroxylation is 1. The molecule has 0 radical (unpaired) electrons. The molecule has 2 aromatic heterocycles. The number of nitrogens with zero attached hydrogens (tertiary/aromatic N) is 2. The summed E-state index contributed by atoms with van der Waals surface area (Å²) in [7, 11) is 0. The zero-order chi connectivity index (χ0) is 27.0. The summed E-state index contributed by atoms with van der Waals surface area (Å²) in [5, 5.41) is 3.30. The predicted octanol–water partition coefficient (Wildman–Crippen LogP) is 8.05. The third-order valence-corrected chi connectivity index (χ3v) is 6.68. The standard InChI is InChI=1S/C28H24ClF4N3O2/c1-16-9-17(5-6-22(16)26(37)11-18-10-23(18)30)25-14-35-27-24(34-8-7-28(31,32)33)13-21(15-36(25)27)38-20-4-2-3-19(29)12-20/h2-6,9,12-15,18,23,34H,7-8,10-11H2,1H3/t18-,23+/m0/s1. The highest BCUT2D eigenvalue weighted by atomic mass is 35.5. The van der Waals surface area contributed by atoms with Crippen molar-refractivity contribution in [1.82, 2.24) is 9.38 Å². The number of anilines is 1. The lowest BCUT2D eigenvalue weighted by Crippen LogP contribution is -2.15. The number of nitrogens with one attached hydrogen (secondary N) is 1. The minimum Gasteiger partial charge on any atom is -0.456 e. The maximum absolute atomic E-state index is 13.3. The van der Waals surface area contributed by atoms with Crippen LogP contribution in [0.25, 0.3) is 16.9 Å². The van der Waals surface area contributed by atoms with Crippen LogP contribution in [-0.2, 0) is 0 Å². The maximum atomic E-state index is 13.3. The first kappa shape index (κ1) is 26.0. The molecule has 0 spiro atoms. The van der Waals surface area contributed by atoms with Crippen LogP contribution < -0.4 is 10.1 Å². The van der Waals surface area contributed by atoms with E-state index in [4.69, 9.17) is 16.3 Å². The number of aromatic nitrogens is 2. The summed E-state index contributed by atoms with van der Waals surface area (Å²) in [4.78, 5) is 17.1. The fourth-order valence-corrected chi connectivity index (χ4v) is 4.55. The van der Waals surface area contributed by atoms with E-state index in [1.54, 1.807) is 59.3 Å². The van der Waals surface area contributed by atoms with Crippen LogP contribution in [-0.4, -0.2) is 34.1 Å². The molecule has 2 heterocycles. The topological polar surface area (TPSA) is 55.6 Å². The number of hydrogen-bond acceptors (Lipinski definition) is 4. The zero-order valence-corrected chi connectivity index (χ0v) is 21.1. The van der Waals surface area contributed by atoms with Crippen LogP contribution in [0.3, 0.4) is 0 Å². The third-order valence-electron chi connectivity index (χ3n) is 6.44. The van der Waals surface area contributed by atoms with Gasteiger partial charge in [-0.2, -0.15) is 13.2 Å². The van der Waals surface area contributed by atoms with Gasteiger partial charge < -0.3 is 10.1 Å². The lowest BCUT2D eigenvalue weighted by Gasteiger charge is -2.14. The van der Waals surface area contributed by atoms with E-state index < -0.39 is 18.8 Å². The number of ether oxygens (including phenoxy) is 1. The SMILES string of the molecule is Cc1cc(-c2cnc3c(NCCC(F)(F)F)cc(Oc4cccc(Cl)c4)cn23)ccc1C(=O)C[C@@H]1C[C@H]1F. The highest BCUT2D eigenvalue weighted by molar-refractivity contribution is 6.30. The summed E-state index contributed by atoms with van der Waals surface area (Å²) < 4.78 is 59.3. The number of fused-ring (bicyclic) bond motifs is 1. The summed E-state index contributed by atoms with van der Waals surface area (Å²) in [5.41, 5.74) is 3.48. The second-order valence-electron chi connectivity index (χ2n) is 9.45. The summed E-state index contributed by atoms with van der Waals surface area (Å²) in [5.74, 6) is 0.541. The molecule has 1 saturated carbocycles. The molecule has 1 fully saturated rings. The monoisotopic (exact) mass is 545 g/mol. The Balaban J connectivity index is 1.49. The highest BCUT2D eigenvalue weighted by Crippen LogP contribution is 2.38. The molecule has 2 aromatic carbocycles. The predicted molar refractivity (Wildman–Crippen MR) is 138 cm³/mol. The third kappa shape index (κ3) is 5.93. The Bertz CT molecular complexity index is 1500. The number of ketones is 1. The molecule has 38 heavy (non-hydrogen) atoms. The van der Waals surface area contributed by atoms with Crippen LogP contribution in [0.2, 0.25) is 5.02 Å². The number of hydrogen-bond donors (Lipinski definition) is 1. The van der Waals surface area contributed by atoms with Crippen LogP contribution in [0.5, 0.6) is 11.5 Å². The molecule has 0 unspecified atom stereocenters. The van der Waals surface area contributed by atoms with Crippen molar-refractivity contribution in [2.75, 3.05) is 11.9 Å². The first-order valence-electron chi connectivity index (χ1n) is 12.1. The van der Waals surface area contributed by atoms with E-state index in [-0.39, 0.29) is 24.7 Å². The fraction of sp³-hybridized carbons (Fsp3) is 0.286. The van der Waals surface area contributed by atoms with Crippen LogP contribution >= 0.6 is 11.6 Å². The summed E-state index contributed by atoms with van der Waals surface area (Å²) in [6.45, 7) is 1.48. The van der Waals surface area contributed by atoms with Gasteiger partial charge in [0, 0.05) is 41.1 Å². The number of halogens is 5. The first-order valence-corrected chi connectivity index (χ1v) is 12.5. The molecule has 0 amide bonds. The molecular formula is C28H24ClF4N3O2. The molecule has 2 atom stereocenters. The van der Waals surface area contributed by atoms with Gasteiger partial charge >= 0.3 is 6.18 Å². The van der Waals surface area contributed by atoms with E-state index in [1.165, 1.54) is 0 Å². The van der Waals surface area contributed by atoms with Gasteiger partial charge in [0.25, 0.3) is 0 Å². The lowest BCUT2D eigenvalue weighted by atomic mass is 9.98. The van der Waals surface area contributed by atoms with Gasteiger partial charge in [0.2, 0.25) is 0 Å². The number of alkyl halides is 4. The average Bonchev–Trinajstić information content (AvgIpc) is 3.35. The van der Waals surface area contributed by atoms with E-state index in [9.17, 15) is 22.4 Å². The molecule has 198 valence electrons. The molecule has 1 aliphatic carbocycles. The van der Waals surface area contributed by atoms with Crippen molar-refractivity contribution in [2.45, 2.75) is 38.5 Å². The van der Waals surface area contributed by atoms with Gasteiger partial charge in [-0.15, -0.1) is 0 Å². The first-order chi connectivity index (χ1) is 18.1. The van der Waals surface area contributed by atoms with E-state index in [2.05, 4.69) is 10.3 Å². The Hall–Kier alpha value is -3.59. The molecule has 0 saturated heterocycles. The zero-order valence-electron chi connectivity index (χ0n) is 20.4. The number of rotatable bonds is 9. The Morgan fingerprint density at radius 2 is 1.97 bits per heavy atom. The summed E-state index contributed by atoms with van der Waals surface area (Å²) in [6, 6.07) is 13.7. The number of carbonyl (C=O) groups excluding carboxylic acids is 1. The van der Waals surface area contributed by atoms with Crippen LogP contribution in [0.15, 0.2) is 60.9 Å². The molecule has 10 heteroatoms. The Kier molecular flexibility index (Phi) is 7.05. The van der Waals surface area contributed by atoms with Crippen molar-refractivity contribution in [1.29, 1.82) is 0 Å². The number of benzene rings is 2. The molecule has 5 nitrogen and oxygen atoms in total. The Morgan fingerprint density at radius 1 is 1.18 bits per heavy atom. The number of pyridine rings is 1. The molecule has 1 aliphatic rings. The van der Waals surface area contributed by atoms with Crippen molar-refractivity contribution in [3.63, 3.8) is 0 Å². The van der Waals surface area contributed by atoms with E-state index in [0.717, 1.165) is 11.1 Å². The molecule has 5 rings (SSSR count). The number of imidazole rings is 1. The highest BCUT2D eigenvalue weighted by Gasteiger charge is 2.39. The quantitative estimate of drug-likeness (QED) is 0.171. The lowest BCUT2D eigenvalue weighted by molar-refractivity contribution is -0.131. The van der Waals surface area contributed by atoms with Crippen LogP contribution in [0.4, 0.5) is 23.2 Å². The molecule has 4 aromatic rings. The Morgan fingerprint density at radius 3 is 2.66 bits per heavy atom. The number of carbonyl (C=O) groups is 1. The second-order valence-corrected chi connectivity index (χ2v) is 9.88. The van der Waals surface area contributed by atoms with Gasteiger partial charge in [-0.3, -0.25) is 9.20 Å². The van der Waals surface area contributed by atoms with Crippen molar-refractivity contribution in [3.05, 3.63) is 77.1 Å². The van der Waals surface area contributed by atoms with Crippen LogP contribution in [0.1, 0.15) is 35.2 Å². The minimum absolute atomic E-state index is 0.0919. The Labute approximate surface area is 221 Å². The van der Waals surface area contributed by atoms with Gasteiger partial charge in [-0.05, 0) is 43.2 Å². The van der Waals surface area contributed by atoms with E-state index >= 15 is 0 Å². The van der Waals surface area contributed by atoms with Gasteiger partial charge in [0.1, 0.15) is 17.7 Å². The van der Waals surface area contributed by atoms with Crippen LogP contribution in [0, 0.1) is 12.8 Å². The van der Waals surface area contributed by atoms with Crippen molar-refractivity contribution >= 4 is 28.7 Å². The molecular weight excluding hydrogens is 522 g/mol. The molecule has 0 aliphatic heterocycles. The van der Waals surface area contributed by atoms with E-state index in [1.807, 2.05) is 13.0 Å². The van der Waals surface area contributed by atoms with Gasteiger partial charge in [0.05, 0.1) is 30.2 Å². The number of Topliss-reactive ketones (excluding diaryl/α,β-unsaturated/α-hetero) is 1. The average molecular weight is 546 g/mol. The molecule has 1 N–H and O–H groups in total. The molecule has 0 bridgehead atoms. The minimum atomic E-state index is -4.31. The summed E-state index contributed by atoms with van der Waals surface area (Å²) in [6.07, 6.45) is -2.28. The van der Waals surface area contributed by atoms with E-state index in [0.29, 0.717) is 45.5 Å². The second kappa shape index (κ2) is 10.3. The van der Waals surface area contributed by atoms with Crippen molar-refractivity contribution < 1.29 is 27.1 Å². The maximum Gasteiger partial charge on any atom is 0.390 e. The van der Waals surface area contributed by atoms with Gasteiger partial charge in [-0.1, -0.05) is 29.8 Å². The van der Waals surface area contributed by atoms with Crippen molar-refractivity contribution in [3.8, 4) is 22.8 Å². The van der Waals surface area contributed by atoms with Gasteiger partial charge in [0.15, 0.2) is 11.4 Å². The normalized spacial score (nSPS) is 17.0.